The molecule has 0 bridgehead atoms. The molecule has 1 aromatic rings. The Morgan fingerprint density at radius 3 is 2.91 bits per heavy atom. The second-order valence-corrected chi connectivity index (χ2v) is 6.45. The molecule has 2 amide bonds. The zero-order valence-corrected chi connectivity index (χ0v) is 13.6. The molecule has 1 aromatic carbocycles. The van der Waals surface area contributed by atoms with E-state index < -0.39 is 0 Å². The summed E-state index contributed by atoms with van der Waals surface area (Å²) in [6, 6.07) is 5.56. The molecule has 0 spiro atoms. The number of nitrogens with one attached hydrogen (secondary N) is 1. The van der Waals surface area contributed by atoms with Gasteiger partial charge < -0.3 is 15.1 Å². The lowest BCUT2D eigenvalue weighted by molar-refractivity contribution is -0.127. The van der Waals surface area contributed by atoms with E-state index in [-0.39, 0.29) is 23.8 Å². The summed E-state index contributed by atoms with van der Waals surface area (Å²) in [6.07, 6.45) is 1.38. The molecule has 5 nitrogen and oxygen atoms in total. The molecule has 2 heterocycles. The number of hydrogen-bond donors (Lipinski definition) is 1. The maximum Gasteiger partial charge on any atom is 0.256 e. The van der Waals surface area contributed by atoms with Crippen molar-refractivity contribution < 1.29 is 9.59 Å². The minimum atomic E-state index is -0.0210. The molecular formula is C16H20ClN3O2. The molecule has 2 aliphatic rings. The molecule has 2 fully saturated rings. The highest BCUT2D eigenvalue weighted by Crippen LogP contribution is 2.32. The standard InChI is InChI=1S/C16H20ClN3O2/c1-18-13-4-3-11(17)8-12(13)16(22)20-6-5-14-10(9-20)7-15(21)19(14)2/h3-4,8,10,14,18H,5-7,9H2,1-2H3/t10-,14+/m1/s1. The Balaban J connectivity index is 1.80. The van der Waals surface area contributed by atoms with Crippen LogP contribution >= 0.6 is 11.6 Å². The van der Waals surface area contributed by atoms with E-state index in [9.17, 15) is 9.59 Å². The lowest BCUT2D eigenvalue weighted by Crippen LogP contribution is -2.47. The number of benzene rings is 1. The van der Waals surface area contributed by atoms with Crippen LogP contribution in [0.5, 0.6) is 0 Å². The zero-order valence-electron chi connectivity index (χ0n) is 12.8. The van der Waals surface area contributed by atoms with Crippen LogP contribution in [0.4, 0.5) is 5.69 Å². The van der Waals surface area contributed by atoms with Gasteiger partial charge in [-0.3, -0.25) is 9.59 Å². The summed E-state index contributed by atoms with van der Waals surface area (Å²) >= 11 is 6.03. The van der Waals surface area contributed by atoms with E-state index in [0.717, 1.165) is 12.1 Å². The molecule has 2 saturated heterocycles. The van der Waals surface area contributed by atoms with Crippen LogP contribution in [0, 0.1) is 5.92 Å². The van der Waals surface area contributed by atoms with Crippen molar-refractivity contribution >= 4 is 29.1 Å². The van der Waals surface area contributed by atoms with Crippen LogP contribution in [0.3, 0.4) is 0 Å². The smallest absolute Gasteiger partial charge is 0.256 e. The summed E-state index contributed by atoms with van der Waals surface area (Å²) in [5.74, 6) is 0.405. The third kappa shape index (κ3) is 2.54. The maximum atomic E-state index is 12.8. The molecular weight excluding hydrogens is 302 g/mol. The number of fused-ring (bicyclic) bond motifs is 1. The van der Waals surface area contributed by atoms with Crippen LogP contribution in [0.15, 0.2) is 18.2 Å². The van der Waals surface area contributed by atoms with Gasteiger partial charge in [0.25, 0.3) is 5.91 Å². The van der Waals surface area contributed by atoms with Crippen LogP contribution in [-0.4, -0.2) is 54.8 Å². The molecule has 0 unspecified atom stereocenters. The van der Waals surface area contributed by atoms with E-state index in [1.54, 1.807) is 19.2 Å². The van der Waals surface area contributed by atoms with Crippen LogP contribution in [0.1, 0.15) is 23.2 Å². The van der Waals surface area contributed by atoms with Crippen molar-refractivity contribution in [1.29, 1.82) is 0 Å². The maximum absolute atomic E-state index is 12.8. The SMILES string of the molecule is CNc1ccc(Cl)cc1C(=O)N1CC[C@H]2[C@H](CC(=O)N2C)C1. The number of likely N-dealkylation sites (tertiary alicyclic amines) is 2. The first kappa shape index (κ1) is 15.2. The minimum Gasteiger partial charge on any atom is -0.387 e. The van der Waals surface area contributed by atoms with Crippen LogP contribution in [-0.2, 0) is 4.79 Å². The van der Waals surface area contributed by atoms with Gasteiger partial charge in [-0.2, -0.15) is 0 Å². The molecule has 22 heavy (non-hydrogen) atoms. The molecule has 1 N–H and O–H groups in total. The van der Waals surface area contributed by atoms with Gasteiger partial charge in [0, 0.05) is 56.3 Å². The Hall–Kier alpha value is -1.75. The van der Waals surface area contributed by atoms with Gasteiger partial charge in [0.15, 0.2) is 0 Å². The van der Waals surface area contributed by atoms with Gasteiger partial charge in [-0.1, -0.05) is 11.6 Å². The quantitative estimate of drug-likeness (QED) is 0.907. The van der Waals surface area contributed by atoms with Gasteiger partial charge in [-0.05, 0) is 24.6 Å². The van der Waals surface area contributed by atoms with E-state index in [2.05, 4.69) is 5.32 Å². The average Bonchev–Trinajstić information content (AvgIpc) is 2.80. The molecule has 6 heteroatoms. The Bertz CT molecular complexity index is 619. The summed E-state index contributed by atoms with van der Waals surface area (Å²) in [6.45, 7) is 1.31. The van der Waals surface area contributed by atoms with Crippen LogP contribution < -0.4 is 5.32 Å². The number of carbonyl (C=O) groups is 2. The van der Waals surface area contributed by atoms with Gasteiger partial charge >= 0.3 is 0 Å². The number of halogens is 1. The van der Waals surface area contributed by atoms with Crippen LogP contribution in [0.25, 0.3) is 0 Å². The Labute approximate surface area is 135 Å². The van der Waals surface area contributed by atoms with Gasteiger partial charge in [-0.25, -0.2) is 0 Å². The van der Waals surface area contributed by atoms with E-state index in [0.29, 0.717) is 30.1 Å². The molecule has 0 aromatic heterocycles. The van der Waals surface area contributed by atoms with E-state index in [4.69, 9.17) is 11.6 Å². The highest BCUT2D eigenvalue weighted by atomic mass is 35.5. The first-order chi connectivity index (χ1) is 10.5. The molecule has 0 radical (unpaired) electrons. The zero-order chi connectivity index (χ0) is 15.9. The first-order valence-electron chi connectivity index (χ1n) is 7.53. The summed E-state index contributed by atoms with van der Waals surface area (Å²) in [5.41, 5.74) is 1.36. The van der Waals surface area contributed by atoms with Gasteiger partial charge in [0.2, 0.25) is 5.91 Å². The molecule has 2 aliphatic heterocycles. The third-order valence-corrected chi connectivity index (χ3v) is 5.03. The number of piperidine rings is 1. The summed E-state index contributed by atoms with van der Waals surface area (Å²) in [5, 5.41) is 3.58. The summed E-state index contributed by atoms with van der Waals surface area (Å²) in [4.78, 5) is 28.3. The fraction of sp³-hybridized carbons (Fsp3) is 0.500. The third-order valence-electron chi connectivity index (χ3n) is 4.79. The van der Waals surface area contributed by atoms with Crippen LogP contribution in [0.2, 0.25) is 5.02 Å². The van der Waals surface area contributed by atoms with Crippen molar-refractivity contribution in [2.75, 3.05) is 32.5 Å². The Morgan fingerprint density at radius 2 is 2.18 bits per heavy atom. The largest absolute Gasteiger partial charge is 0.387 e. The van der Waals surface area contributed by atoms with Crippen molar-refractivity contribution in [3.8, 4) is 0 Å². The second kappa shape index (κ2) is 5.80. The van der Waals surface area contributed by atoms with E-state index in [1.165, 1.54) is 0 Å². The number of amides is 2. The predicted octanol–water partition coefficient (Wildman–Crippen LogP) is 2.07. The van der Waals surface area contributed by atoms with E-state index >= 15 is 0 Å². The Morgan fingerprint density at radius 1 is 1.41 bits per heavy atom. The van der Waals surface area contributed by atoms with Gasteiger partial charge in [0.05, 0.1) is 5.56 Å². The lowest BCUT2D eigenvalue weighted by atomic mass is 9.92. The first-order valence-corrected chi connectivity index (χ1v) is 7.91. The van der Waals surface area contributed by atoms with Crippen molar-refractivity contribution in [2.45, 2.75) is 18.9 Å². The van der Waals surface area contributed by atoms with Gasteiger partial charge in [-0.15, -0.1) is 0 Å². The second-order valence-electron chi connectivity index (χ2n) is 6.02. The number of hydrogen-bond acceptors (Lipinski definition) is 3. The number of rotatable bonds is 2. The molecule has 3 rings (SSSR count). The Kier molecular flexibility index (Phi) is 4.00. The minimum absolute atomic E-state index is 0.0210. The number of carbonyl (C=O) groups excluding carboxylic acids is 2. The predicted molar refractivity (Wildman–Crippen MR) is 86.2 cm³/mol. The molecule has 0 aliphatic carbocycles. The van der Waals surface area contributed by atoms with Crippen molar-refractivity contribution in [3.05, 3.63) is 28.8 Å². The van der Waals surface area contributed by atoms with Crippen molar-refractivity contribution in [2.24, 2.45) is 5.92 Å². The fourth-order valence-corrected chi connectivity index (χ4v) is 3.72. The van der Waals surface area contributed by atoms with Gasteiger partial charge in [0.1, 0.15) is 0 Å². The highest BCUT2D eigenvalue weighted by molar-refractivity contribution is 6.31. The highest BCUT2D eigenvalue weighted by Gasteiger charge is 2.42. The molecule has 2 atom stereocenters. The van der Waals surface area contributed by atoms with Crippen molar-refractivity contribution in [1.82, 2.24) is 9.80 Å². The topological polar surface area (TPSA) is 52.7 Å². The normalized spacial score (nSPS) is 24.4. The average molecular weight is 322 g/mol. The molecule has 118 valence electrons. The monoisotopic (exact) mass is 321 g/mol. The fourth-order valence-electron chi connectivity index (χ4n) is 3.55. The molecule has 0 saturated carbocycles. The van der Waals surface area contributed by atoms with Crippen molar-refractivity contribution in [3.63, 3.8) is 0 Å². The van der Waals surface area contributed by atoms with E-state index in [1.807, 2.05) is 22.9 Å². The summed E-state index contributed by atoms with van der Waals surface area (Å²) in [7, 11) is 3.65. The number of anilines is 1. The lowest BCUT2D eigenvalue weighted by Gasteiger charge is -2.36. The number of nitrogens with zero attached hydrogens (tertiary/aromatic N) is 2. The summed E-state index contributed by atoms with van der Waals surface area (Å²) < 4.78 is 0.